The van der Waals surface area contributed by atoms with Gasteiger partial charge in [0.1, 0.15) is 0 Å². The molecule has 1 heterocycles. The van der Waals surface area contributed by atoms with Gasteiger partial charge in [-0.2, -0.15) is 0 Å². The van der Waals surface area contributed by atoms with Crippen molar-refractivity contribution in [3.8, 4) is 0 Å². The molecule has 5 nitrogen and oxygen atoms in total. The Hall–Kier alpha value is -2.18. The quantitative estimate of drug-likeness (QED) is 0.876. The van der Waals surface area contributed by atoms with Crippen LogP contribution in [0.4, 0.5) is 0 Å². The van der Waals surface area contributed by atoms with Crippen LogP contribution >= 0.6 is 0 Å². The number of likely N-dealkylation sites (N-methyl/N-ethyl adjacent to an activating group) is 1. The van der Waals surface area contributed by atoms with Gasteiger partial charge in [-0.25, -0.2) is 8.42 Å². The second-order valence-electron chi connectivity index (χ2n) is 6.46. The second-order valence-corrected chi connectivity index (χ2v) is 8.42. The van der Waals surface area contributed by atoms with Crippen molar-refractivity contribution in [2.45, 2.75) is 30.5 Å². The molecule has 1 aliphatic rings. The molecule has 26 heavy (non-hydrogen) atoms. The molecule has 0 radical (unpaired) electrons. The van der Waals surface area contributed by atoms with Gasteiger partial charge in [0.25, 0.3) is 0 Å². The third kappa shape index (κ3) is 3.66. The average Bonchev–Trinajstić information content (AvgIpc) is 2.73. The van der Waals surface area contributed by atoms with Crippen molar-refractivity contribution in [1.29, 1.82) is 0 Å². The van der Waals surface area contributed by atoms with Crippen molar-refractivity contribution in [2.75, 3.05) is 19.6 Å². The Balaban J connectivity index is 2.05. The minimum Gasteiger partial charge on any atom is -0.344 e. The maximum atomic E-state index is 12.8. The van der Waals surface area contributed by atoms with Gasteiger partial charge in [-0.15, -0.1) is 0 Å². The summed E-state index contributed by atoms with van der Waals surface area (Å²) in [5, 5.41) is 3.06. The van der Waals surface area contributed by atoms with Gasteiger partial charge in [0.15, 0.2) is 9.84 Å². The van der Waals surface area contributed by atoms with Gasteiger partial charge < -0.3 is 5.32 Å². The molecule has 2 aromatic rings. The third-order valence-electron chi connectivity index (χ3n) is 4.84. The van der Waals surface area contributed by atoms with E-state index in [1.807, 2.05) is 49.1 Å². The van der Waals surface area contributed by atoms with Crippen LogP contribution in [0.2, 0.25) is 0 Å². The zero-order valence-electron chi connectivity index (χ0n) is 15.1. The molecule has 1 N–H and O–H groups in total. The number of nitrogens with zero attached hydrogens (tertiary/aromatic N) is 1. The topological polar surface area (TPSA) is 66.5 Å². The SMILES string of the molecule is CCN(CC)CC(=O)N[C@@H]1c2ccccc2CS(=O)(=O)c2ccccc21. The molecule has 0 unspecified atom stereocenters. The van der Waals surface area contributed by atoms with Gasteiger partial charge in [-0.3, -0.25) is 9.69 Å². The van der Waals surface area contributed by atoms with Gasteiger partial charge in [0.05, 0.1) is 23.2 Å². The molecule has 0 fully saturated rings. The van der Waals surface area contributed by atoms with Crippen molar-refractivity contribution in [2.24, 2.45) is 0 Å². The van der Waals surface area contributed by atoms with Crippen LogP contribution in [-0.4, -0.2) is 38.9 Å². The maximum absolute atomic E-state index is 12.8. The zero-order chi connectivity index (χ0) is 18.7. The van der Waals surface area contributed by atoms with Crippen LogP contribution in [0, 0.1) is 0 Å². The Morgan fingerprint density at radius 2 is 1.65 bits per heavy atom. The number of sulfone groups is 1. The first-order chi connectivity index (χ1) is 12.5. The number of nitrogens with one attached hydrogen (secondary N) is 1. The molecule has 0 saturated heterocycles. The Bertz CT molecular complexity index is 905. The molecule has 0 aromatic heterocycles. The smallest absolute Gasteiger partial charge is 0.234 e. The van der Waals surface area contributed by atoms with E-state index in [1.54, 1.807) is 18.2 Å². The van der Waals surface area contributed by atoms with E-state index in [-0.39, 0.29) is 11.7 Å². The van der Waals surface area contributed by atoms with E-state index in [4.69, 9.17) is 0 Å². The molecular formula is C20H24N2O3S. The molecule has 2 aromatic carbocycles. The first kappa shape index (κ1) is 18.6. The van der Waals surface area contributed by atoms with Crippen LogP contribution in [0.25, 0.3) is 0 Å². The number of benzene rings is 2. The maximum Gasteiger partial charge on any atom is 0.234 e. The van der Waals surface area contributed by atoms with Gasteiger partial charge in [-0.05, 0) is 35.8 Å². The highest BCUT2D eigenvalue weighted by molar-refractivity contribution is 7.90. The summed E-state index contributed by atoms with van der Waals surface area (Å²) in [6.07, 6.45) is 0. The summed E-state index contributed by atoms with van der Waals surface area (Å²) in [6, 6.07) is 13.9. The van der Waals surface area contributed by atoms with E-state index in [9.17, 15) is 13.2 Å². The molecule has 0 saturated carbocycles. The standard InChI is InChI=1S/C20H24N2O3S/c1-3-22(4-2)13-19(23)21-20-16-10-6-5-9-15(16)14-26(24,25)18-12-8-7-11-17(18)20/h5-12,20H,3-4,13-14H2,1-2H3,(H,21,23)/t20-/m1/s1. The number of amides is 1. The summed E-state index contributed by atoms with van der Waals surface area (Å²) >= 11 is 0. The van der Waals surface area contributed by atoms with E-state index in [2.05, 4.69) is 5.32 Å². The molecule has 6 heteroatoms. The van der Waals surface area contributed by atoms with Crippen LogP contribution < -0.4 is 5.32 Å². The molecule has 138 valence electrons. The molecule has 0 spiro atoms. The van der Waals surface area contributed by atoms with Gasteiger partial charge in [0, 0.05) is 0 Å². The van der Waals surface area contributed by atoms with Crippen molar-refractivity contribution < 1.29 is 13.2 Å². The Morgan fingerprint density at radius 1 is 1.04 bits per heavy atom. The molecule has 0 bridgehead atoms. The molecule has 3 rings (SSSR count). The number of hydrogen-bond acceptors (Lipinski definition) is 4. The van der Waals surface area contributed by atoms with Crippen LogP contribution in [0.5, 0.6) is 0 Å². The number of rotatable bonds is 5. The van der Waals surface area contributed by atoms with Crippen LogP contribution in [-0.2, 0) is 20.4 Å². The minimum absolute atomic E-state index is 0.0530. The Morgan fingerprint density at radius 3 is 2.35 bits per heavy atom. The van der Waals surface area contributed by atoms with Gasteiger partial charge in [0.2, 0.25) is 5.91 Å². The fraction of sp³-hybridized carbons (Fsp3) is 0.350. The number of carbonyl (C=O) groups is 1. The summed E-state index contributed by atoms with van der Waals surface area (Å²) in [5.74, 6) is -0.162. The predicted molar refractivity (Wildman–Crippen MR) is 102 cm³/mol. The number of carbonyl (C=O) groups excluding carboxylic acids is 1. The highest BCUT2D eigenvalue weighted by Crippen LogP contribution is 2.35. The lowest BCUT2D eigenvalue weighted by Crippen LogP contribution is -2.39. The first-order valence-corrected chi connectivity index (χ1v) is 10.5. The highest BCUT2D eigenvalue weighted by atomic mass is 32.2. The van der Waals surface area contributed by atoms with E-state index >= 15 is 0 Å². The van der Waals surface area contributed by atoms with E-state index < -0.39 is 15.9 Å². The molecule has 1 amide bonds. The highest BCUT2D eigenvalue weighted by Gasteiger charge is 2.31. The van der Waals surface area contributed by atoms with Crippen LogP contribution in [0.15, 0.2) is 53.4 Å². The molecule has 1 atom stereocenters. The largest absolute Gasteiger partial charge is 0.344 e. The first-order valence-electron chi connectivity index (χ1n) is 8.87. The van der Waals surface area contributed by atoms with Crippen molar-refractivity contribution in [3.63, 3.8) is 0 Å². The van der Waals surface area contributed by atoms with E-state index in [0.717, 1.165) is 24.2 Å². The zero-order valence-corrected chi connectivity index (χ0v) is 15.9. The van der Waals surface area contributed by atoms with Crippen LogP contribution in [0.3, 0.4) is 0 Å². The summed E-state index contributed by atoms with van der Waals surface area (Å²) in [4.78, 5) is 15.0. The summed E-state index contributed by atoms with van der Waals surface area (Å²) in [5.41, 5.74) is 2.20. The lowest BCUT2D eigenvalue weighted by atomic mass is 9.95. The Kier molecular flexibility index (Phi) is 5.44. The monoisotopic (exact) mass is 372 g/mol. The minimum atomic E-state index is -3.45. The third-order valence-corrected chi connectivity index (χ3v) is 6.58. The normalized spacial score (nSPS) is 17.9. The lowest BCUT2D eigenvalue weighted by Gasteiger charge is -2.23. The predicted octanol–water partition coefficient (Wildman–Crippen LogP) is 2.52. The average molecular weight is 372 g/mol. The van der Waals surface area contributed by atoms with Crippen molar-refractivity contribution in [3.05, 3.63) is 65.2 Å². The fourth-order valence-corrected chi connectivity index (χ4v) is 5.07. The summed E-state index contributed by atoms with van der Waals surface area (Å²) in [6.45, 7) is 5.89. The molecular weight excluding hydrogens is 348 g/mol. The lowest BCUT2D eigenvalue weighted by molar-refractivity contribution is -0.122. The molecule has 1 aliphatic heterocycles. The van der Waals surface area contributed by atoms with Crippen molar-refractivity contribution in [1.82, 2.24) is 10.2 Å². The van der Waals surface area contributed by atoms with E-state index in [0.29, 0.717) is 17.0 Å². The van der Waals surface area contributed by atoms with Crippen LogP contribution in [0.1, 0.15) is 36.6 Å². The van der Waals surface area contributed by atoms with Gasteiger partial charge >= 0.3 is 0 Å². The van der Waals surface area contributed by atoms with E-state index in [1.165, 1.54) is 0 Å². The fourth-order valence-electron chi connectivity index (χ4n) is 3.41. The summed E-state index contributed by atoms with van der Waals surface area (Å²) < 4.78 is 25.7. The number of fused-ring (bicyclic) bond motifs is 2. The van der Waals surface area contributed by atoms with Crippen molar-refractivity contribution >= 4 is 15.7 Å². The number of hydrogen-bond donors (Lipinski definition) is 1. The Labute approximate surface area is 154 Å². The summed E-state index contributed by atoms with van der Waals surface area (Å²) in [7, 11) is -3.45. The molecule has 0 aliphatic carbocycles. The van der Waals surface area contributed by atoms with Gasteiger partial charge in [-0.1, -0.05) is 56.3 Å². The second kappa shape index (κ2) is 7.60.